The second-order valence-corrected chi connectivity index (χ2v) is 7.92. The molecule has 6 nitrogen and oxygen atoms in total. The monoisotopic (exact) mass is 446 g/mol. The second kappa shape index (κ2) is 9.66. The molecule has 0 fully saturated rings. The minimum atomic E-state index is -0.170. The number of para-hydroxylation sites is 1. The first-order chi connectivity index (χ1) is 15.5. The number of halogens is 1. The summed E-state index contributed by atoms with van der Waals surface area (Å²) in [5.41, 5.74) is 3.91. The van der Waals surface area contributed by atoms with Crippen LogP contribution < -0.4 is 10.6 Å². The minimum absolute atomic E-state index is 0.0596. The average molecular weight is 447 g/mol. The van der Waals surface area contributed by atoms with Gasteiger partial charge < -0.3 is 15.2 Å². The molecule has 1 aromatic heterocycles. The molecule has 2 N–H and O–H groups in total. The van der Waals surface area contributed by atoms with Crippen molar-refractivity contribution >= 4 is 40.1 Å². The number of anilines is 1. The van der Waals surface area contributed by atoms with Gasteiger partial charge in [-0.25, -0.2) is 4.98 Å². The van der Waals surface area contributed by atoms with Crippen LogP contribution in [0.3, 0.4) is 0 Å². The van der Waals surface area contributed by atoms with Crippen LogP contribution in [0.25, 0.3) is 11.0 Å². The summed E-state index contributed by atoms with van der Waals surface area (Å²) in [6.45, 7) is 2.82. The number of hydrogen-bond acceptors (Lipinski definition) is 3. The van der Waals surface area contributed by atoms with Crippen LogP contribution in [-0.4, -0.2) is 21.4 Å². The fourth-order valence-electron chi connectivity index (χ4n) is 3.52. The zero-order chi connectivity index (χ0) is 22.5. The zero-order valence-electron chi connectivity index (χ0n) is 17.6. The molecule has 0 spiro atoms. The molecule has 0 bridgehead atoms. The highest BCUT2D eigenvalue weighted by Gasteiger charge is 2.13. The SMILES string of the molecule is Cc1nc2cc(C(=O)NCc3ccc(Cl)cc3)ccc2n1CCC(=O)Nc1ccccc1. The molecular weight excluding hydrogens is 424 g/mol. The summed E-state index contributed by atoms with van der Waals surface area (Å²) >= 11 is 5.90. The number of carbonyl (C=O) groups is 2. The largest absolute Gasteiger partial charge is 0.348 e. The van der Waals surface area contributed by atoms with Crippen LogP contribution in [0, 0.1) is 6.92 Å². The highest BCUT2D eigenvalue weighted by molar-refractivity contribution is 6.30. The molecule has 7 heteroatoms. The molecule has 0 aliphatic heterocycles. The van der Waals surface area contributed by atoms with E-state index in [1.54, 1.807) is 24.3 Å². The van der Waals surface area contributed by atoms with E-state index in [4.69, 9.17) is 11.6 Å². The van der Waals surface area contributed by atoms with Gasteiger partial charge in [-0.15, -0.1) is 0 Å². The van der Waals surface area contributed by atoms with Gasteiger partial charge in [0.15, 0.2) is 0 Å². The van der Waals surface area contributed by atoms with E-state index in [1.807, 2.05) is 60.0 Å². The smallest absolute Gasteiger partial charge is 0.251 e. The van der Waals surface area contributed by atoms with Crippen LogP contribution in [0.4, 0.5) is 5.69 Å². The summed E-state index contributed by atoms with van der Waals surface area (Å²) < 4.78 is 2.00. The number of benzene rings is 3. The molecule has 162 valence electrons. The lowest BCUT2D eigenvalue weighted by Gasteiger charge is -2.09. The van der Waals surface area contributed by atoms with Crippen LogP contribution in [0.1, 0.15) is 28.2 Å². The summed E-state index contributed by atoms with van der Waals surface area (Å²) in [5.74, 6) is 0.568. The molecule has 0 saturated heterocycles. The first-order valence-electron chi connectivity index (χ1n) is 10.3. The van der Waals surface area contributed by atoms with Crippen molar-refractivity contribution in [3.8, 4) is 0 Å². The maximum atomic E-state index is 12.6. The minimum Gasteiger partial charge on any atom is -0.348 e. The summed E-state index contributed by atoms with van der Waals surface area (Å²) in [6, 6.07) is 22.2. The summed E-state index contributed by atoms with van der Waals surface area (Å²) in [6.07, 6.45) is 0.324. The molecule has 4 aromatic rings. The van der Waals surface area contributed by atoms with E-state index >= 15 is 0 Å². The fourth-order valence-corrected chi connectivity index (χ4v) is 3.64. The summed E-state index contributed by atoms with van der Waals surface area (Å²) in [5, 5.41) is 6.47. The number of rotatable bonds is 7. The highest BCUT2D eigenvalue weighted by Crippen LogP contribution is 2.19. The number of fused-ring (bicyclic) bond motifs is 1. The Balaban J connectivity index is 1.41. The van der Waals surface area contributed by atoms with Gasteiger partial charge in [-0.05, 0) is 55.0 Å². The number of aryl methyl sites for hydroxylation is 2. The van der Waals surface area contributed by atoms with E-state index in [0.717, 1.165) is 28.1 Å². The maximum Gasteiger partial charge on any atom is 0.251 e. The predicted octanol–water partition coefficient (Wildman–Crippen LogP) is 4.96. The lowest BCUT2D eigenvalue weighted by atomic mass is 10.1. The Morgan fingerprint density at radius 2 is 1.75 bits per heavy atom. The van der Waals surface area contributed by atoms with Crippen LogP contribution >= 0.6 is 11.6 Å². The van der Waals surface area contributed by atoms with Crippen molar-refractivity contribution in [2.24, 2.45) is 0 Å². The van der Waals surface area contributed by atoms with Crippen molar-refractivity contribution in [3.63, 3.8) is 0 Å². The van der Waals surface area contributed by atoms with E-state index < -0.39 is 0 Å². The van der Waals surface area contributed by atoms with Gasteiger partial charge in [-0.3, -0.25) is 9.59 Å². The normalized spacial score (nSPS) is 10.8. The van der Waals surface area contributed by atoms with E-state index in [9.17, 15) is 9.59 Å². The number of aromatic nitrogens is 2. The van der Waals surface area contributed by atoms with Crippen molar-refractivity contribution in [2.45, 2.75) is 26.4 Å². The lowest BCUT2D eigenvalue weighted by molar-refractivity contribution is -0.116. The van der Waals surface area contributed by atoms with E-state index in [1.165, 1.54) is 0 Å². The third-order valence-corrected chi connectivity index (χ3v) is 5.44. The number of hydrogen-bond donors (Lipinski definition) is 2. The Morgan fingerprint density at radius 1 is 1.00 bits per heavy atom. The molecule has 1 heterocycles. The van der Waals surface area contributed by atoms with Crippen molar-refractivity contribution in [1.29, 1.82) is 0 Å². The molecule has 2 amide bonds. The van der Waals surface area contributed by atoms with Gasteiger partial charge in [-0.1, -0.05) is 41.9 Å². The average Bonchev–Trinajstić information content (AvgIpc) is 3.11. The van der Waals surface area contributed by atoms with Crippen LogP contribution in [0.15, 0.2) is 72.8 Å². The summed E-state index contributed by atoms with van der Waals surface area (Å²) in [4.78, 5) is 29.5. The number of amides is 2. The van der Waals surface area contributed by atoms with Gasteiger partial charge in [0.2, 0.25) is 5.91 Å². The van der Waals surface area contributed by atoms with Gasteiger partial charge in [0.25, 0.3) is 5.91 Å². The molecular formula is C25H23ClN4O2. The Labute approximate surface area is 191 Å². The first kappa shape index (κ1) is 21.6. The Kier molecular flexibility index (Phi) is 6.52. The van der Waals surface area contributed by atoms with Crippen molar-refractivity contribution in [2.75, 3.05) is 5.32 Å². The molecule has 0 atom stereocenters. The van der Waals surface area contributed by atoms with Crippen molar-refractivity contribution in [3.05, 3.63) is 94.8 Å². The Bertz CT molecular complexity index is 1250. The first-order valence-corrected chi connectivity index (χ1v) is 10.7. The van der Waals surface area contributed by atoms with Gasteiger partial charge in [0.1, 0.15) is 5.82 Å². The van der Waals surface area contributed by atoms with Gasteiger partial charge in [-0.2, -0.15) is 0 Å². The zero-order valence-corrected chi connectivity index (χ0v) is 18.4. The summed E-state index contributed by atoms with van der Waals surface area (Å²) in [7, 11) is 0. The quantitative estimate of drug-likeness (QED) is 0.421. The Hall–Kier alpha value is -3.64. The van der Waals surface area contributed by atoms with Crippen LogP contribution in [0.5, 0.6) is 0 Å². The molecule has 0 unspecified atom stereocenters. The molecule has 0 saturated carbocycles. The lowest BCUT2D eigenvalue weighted by Crippen LogP contribution is -2.22. The number of nitrogens with zero attached hydrogens (tertiary/aromatic N) is 2. The highest BCUT2D eigenvalue weighted by atomic mass is 35.5. The van der Waals surface area contributed by atoms with Crippen LogP contribution in [-0.2, 0) is 17.9 Å². The molecule has 0 aliphatic rings. The third kappa shape index (κ3) is 5.15. The van der Waals surface area contributed by atoms with Crippen molar-refractivity contribution in [1.82, 2.24) is 14.9 Å². The molecule has 32 heavy (non-hydrogen) atoms. The van der Waals surface area contributed by atoms with Crippen LogP contribution in [0.2, 0.25) is 5.02 Å². The molecule has 4 rings (SSSR count). The predicted molar refractivity (Wildman–Crippen MR) is 127 cm³/mol. The Morgan fingerprint density at radius 3 is 2.50 bits per heavy atom. The molecule has 0 radical (unpaired) electrons. The van der Waals surface area contributed by atoms with Gasteiger partial charge >= 0.3 is 0 Å². The van der Waals surface area contributed by atoms with Gasteiger partial charge in [0.05, 0.1) is 11.0 Å². The number of imidazole rings is 1. The van der Waals surface area contributed by atoms with E-state index in [2.05, 4.69) is 15.6 Å². The second-order valence-electron chi connectivity index (χ2n) is 7.49. The third-order valence-electron chi connectivity index (χ3n) is 5.19. The molecule has 3 aromatic carbocycles. The topological polar surface area (TPSA) is 76.0 Å². The standard InChI is InChI=1S/C25H23ClN4O2/c1-17-28-22-15-19(25(32)27-16-18-7-10-20(26)11-8-18)9-12-23(22)30(17)14-13-24(31)29-21-5-3-2-4-6-21/h2-12,15H,13-14,16H2,1H3,(H,27,32)(H,29,31). The maximum absolute atomic E-state index is 12.6. The van der Waals surface area contributed by atoms with Crippen molar-refractivity contribution < 1.29 is 9.59 Å². The number of nitrogens with one attached hydrogen (secondary N) is 2. The van der Waals surface area contributed by atoms with E-state index in [-0.39, 0.29) is 11.8 Å². The van der Waals surface area contributed by atoms with E-state index in [0.29, 0.717) is 30.1 Å². The van der Waals surface area contributed by atoms with Gasteiger partial charge in [0, 0.05) is 35.8 Å². The molecule has 0 aliphatic carbocycles. The fraction of sp³-hybridized carbons (Fsp3) is 0.160. The number of carbonyl (C=O) groups excluding carboxylic acids is 2.